The van der Waals surface area contributed by atoms with Crippen LogP contribution < -0.4 is 20.7 Å². The van der Waals surface area contributed by atoms with Gasteiger partial charge in [-0.05, 0) is 31.2 Å². The summed E-state index contributed by atoms with van der Waals surface area (Å²) in [5, 5.41) is 56.0. The van der Waals surface area contributed by atoms with Crippen molar-refractivity contribution in [3.63, 3.8) is 0 Å². The molecule has 0 radical (unpaired) electrons. The van der Waals surface area contributed by atoms with Crippen LogP contribution in [-0.4, -0.2) is 85.4 Å². The number of aromatic nitrogens is 4. The predicted octanol–water partition coefficient (Wildman–Crippen LogP) is 2.87. The zero-order valence-electron chi connectivity index (χ0n) is 25.3. The van der Waals surface area contributed by atoms with Gasteiger partial charge >= 0.3 is 0 Å². The largest absolute Gasteiger partial charge is 0.492 e. The Morgan fingerprint density at radius 1 is 1.27 bits per heavy atom. The molecule has 5 atom stereocenters. The number of nitriles is 1. The summed E-state index contributed by atoms with van der Waals surface area (Å²) in [5.41, 5.74) is 2.21. The second-order valence-electron chi connectivity index (χ2n) is 10.6. The number of hydrogen-bond acceptors (Lipinski definition) is 12. The standard InChI is InChI=1S/C31H31ClF2N8O6/c1-2-47-24-10-22-19(28(16(11-35)12-37-22)38-17-5-6-21(33)20(32)8-17)9-23(24)39-26(44)4-3-7-36-13-18-14-42(41-40-18)31-27(34)30(46)29(45)25(15-43)48-31/h3-6,8-10,12,14,25,27,29-31,36,43,45-46H,2,7,13,15H2,1H3,(H,37,38)(H,39,44)/b4-3+/t25-,27-,29-,30-,31-/m1/s1/i34-1. The monoisotopic (exact) mass is 683 g/mol. The van der Waals surface area contributed by atoms with Gasteiger partial charge < -0.3 is 40.7 Å². The van der Waals surface area contributed by atoms with E-state index in [0.717, 1.165) is 4.68 Å². The number of carbonyl (C=O) groups is 1. The van der Waals surface area contributed by atoms with E-state index in [0.29, 0.717) is 46.0 Å². The molecule has 6 N–H and O–H groups in total. The lowest BCUT2D eigenvalue weighted by atomic mass is 9.99. The van der Waals surface area contributed by atoms with Gasteiger partial charge in [0.1, 0.15) is 35.9 Å². The molecule has 4 aromatic rings. The SMILES string of the molecule is CCOc1cc2ncc(C#N)c(Nc3ccc(F)c(Cl)c3)c2cc1NC(=O)/C=C/CNCc1cn([C@@H]2O[C@H](CO)[C@@H](O)[C@H](O)[C@H]2[18F])nn1. The second kappa shape index (κ2) is 15.4. The van der Waals surface area contributed by atoms with Gasteiger partial charge in [0.15, 0.2) is 12.4 Å². The summed E-state index contributed by atoms with van der Waals surface area (Å²) in [6.07, 6.45) is -2.28. The van der Waals surface area contributed by atoms with E-state index in [1.54, 1.807) is 25.1 Å². The van der Waals surface area contributed by atoms with Crippen LogP contribution in [-0.2, 0) is 16.1 Å². The molecule has 1 aliphatic heterocycles. The van der Waals surface area contributed by atoms with Crippen LogP contribution in [0.3, 0.4) is 0 Å². The van der Waals surface area contributed by atoms with E-state index >= 15 is 0 Å². The molecule has 1 aliphatic rings. The quantitative estimate of drug-likeness (QED) is 0.0944. The van der Waals surface area contributed by atoms with Crippen molar-refractivity contribution in [2.24, 2.45) is 0 Å². The van der Waals surface area contributed by atoms with E-state index in [-0.39, 0.29) is 23.7 Å². The number of amides is 1. The van der Waals surface area contributed by atoms with Crippen molar-refractivity contribution in [2.75, 3.05) is 30.4 Å². The van der Waals surface area contributed by atoms with Gasteiger partial charge in [-0.1, -0.05) is 22.9 Å². The zero-order chi connectivity index (χ0) is 34.4. The van der Waals surface area contributed by atoms with Crippen LogP contribution in [0.4, 0.5) is 25.8 Å². The Kier molecular flexibility index (Phi) is 11.1. The van der Waals surface area contributed by atoms with Crippen molar-refractivity contribution in [3.8, 4) is 11.8 Å². The van der Waals surface area contributed by atoms with Crippen molar-refractivity contribution in [3.05, 3.63) is 77.0 Å². The minimum absolute atomic E-state index is 0.0979. The first kappa shape index (κ1) is 34.6. The smallest absolute Gasteiger partial charge is 0.248 e. The molecule has 2 aromatic carbocycles. The highest BCUT2D eigenvalue weighted by molar-refractivity contribution is 6.31. The number of nitrogens with one attached hydrogen (secondary N) is 3. The van der Waals surface area contributed by atoms with Crippen LogP contribution in [0.25, 0.3) is 10.9 Å². The minimum Gasteiger partial charge on any atom is -0.492 e. The molecule has 1 amide bonds. The number of anilines is 3. The number of aliphatic hydroxyl groups is 3. The molecule has 0 saturated carbocycles. The predicted molar refractivity (Wildman–Crippen MR) is 170 cm³/mol. The normalized spacial score (nSPS) is 20.9. The van der Waals surface area contributed by atoms with Crippen LogP contribution in [0.5, 0.6) is 5.75 Å². The zero-order valence-corrected chi connectivity index (χ0v) is 26.1. The third-order valence-electron chi connectivity index (χ3n) is 7.32. The minimum atomic E-state index is -2.00. The first-order valence-corrected chi connectivity index (χ1v) is 15.1. The van der Waals surface area contributed by atoms with Crippen molar-refractivity contribution in [1.29, 1.82) is 5.26 Å². The van der Waals surface area contributed by atoms with E-state index in [4.69, 9.17) is 21.1 Å². The fourth-order valence-electron chi connectivity index (χ4n) is 4.94. The average molecular weight is 684 g/mol. The van der Waals surface area contributed by atoms with Gasteiger partial charge in [-0.3, -0.25) is 9.78 Å². The Balaban J connectivity index is 1.24. The van der Waals surface area contributed by atoms with Gasteiger partial charge in [0.25, 0.3) is 0 Å². The summed E-state index contributed by atoms with van der Waals surface area (Å²) < 4.78 is 40.5. The first-order valence-electron chi connectivity index (χ1n) is 14.7. The second-order valence-corrected chi connectivity index (χ2v) is 11.0. The van der Waals surface area contributed by atoms with E-state index in [1.807, 2.05) is 0 Å². The van der Waals surface area contributed by atoms with Crippen LogP contribution in [0.15, 0.2) is 54.9 Å². The maximum Gasteiger partial charge on any atom is 0.248 e. The molecule has 3 heterocycles. The molecule has 14 nitrogen and oxygen atoms in total. The van der Waals surface area contributed by atoms with E-state index in [1.165, 1.54) is 36.7 Å². The fraction of sp³-hybridized carbons (Fsp3) is 0.323. The number of rotatable bonds is 12. The Bertz CT molecular complexity index is 1850. The number of fused-ring (bicyclic) bond motifs is 1. The summed E-state index contributed by atoms with van der Waals surface area (Å²) in [6.45, 7) is 1.89. The molecular weight excluding hydrogens is 653 g/mol. The third kappa shape index (κ3) is 7.68. The van der Waals surface area contributed by atoms with Gasteiger partial charge in [-0.25, -0.2) is 13.5 Å². The lowest BCUT2D eigenvalue weighted by molar-refractivity contribution is -0.237. The van der Waals surface area contributed by atoms with Crippen LogP contribution in [0.2, 0.25) is 5.02 Å². The summed E-state index contributed by atoms with van der Waals surface area (Å²) in [5.74, 6) is -0.715. The summed E-state index contributed by atoms with van der Waals surface area (Å²) in [7, 11) is 0. The summed E-state index contributed by atoms with van der Waals surface area (Å²) >= 11 is 5.94. The van der Waals surface area contributed by atoms with Crippen LogP contribution >= 0.6 is 11.6 Å². The van der Waals surface area contributed by atoms with Crippen molar-refractivity contribution < 1.29 is 38.4 Å². The van der Waals surface area contributed by atoms with Gasteiger partial charge in [-0.2, -0.15) is 5.26 Å². The highest BCUT2D eigenvalue weighted by Crippen LogP contribution is 2.37. The van der Waals surface area contributed by atoms with Gasteiger partial charge in [0.05, 0.1) is 52.6 Å². The van der Waals surface area contributed by atoms with Crippen molar-refractivity contribution in [1.82, 2.24) is 25.3 Å². The van der Waals surface area contributed by atoms with E-state index < -0.39 is 49.0 Å². The van der Waals surface area contributed by atoms with Crippen molar-refractivity contribution >= 4 is 45.5 Å². The number of aliphatic hydroxyl groups excluding tert-OH is 3. The maximum atomic E-state index is 14.6. The number of nitrogens with zero attached hydrogens (tertiary/aromatic N) is 5. The number of ether oxygens (including phenoxy) is 2. The van der Waals surface area contributed by atoms with Crippen molar-refractivity contribution in [2.45, 2.75) is 44.2 Å². The van der Waals surface area contributed by atoms with Gasteiger partial charge in [0.2, 0.25) is 5.91 Å². The Morgan fingerprint density at radius 3 is 2.81 bits per heavy atom. The number of pyridine rings is 1. The molecule has 5 rings (SSSR count). The van der Waals surface area contributed by atoms with E-state index in [2.05, 4.69) is 37.3 Å². The average Bonchev–Trinajstić information content (AvgIpc) is 3.54. The first-order chi connectivity index (χ1) is 23.1. The molecule has 252 valence electrons. The third-order valence-corrected chi connectivity index (χ3v) is 7.61. The molecular formula is C31H31ClF2N8O6. The van der Waals surface area contributed by atoms with Gasteiger partial charge in [0, 0.05) is 42.5 Å². The topological polar surface area (TPSA) is 200 Å². The Labute approximate surface area is 277 Å². The molecule has 0 spiro atoms. The summed E-state index contributed by atoms with van der Waals surface area (Å²) in [6, 6.07) is 9.39. The van der Waals surface area contributed by atoms with Crippen LogP contribution in [0.1, 0.15) is 24.4 Å². The number of carbonyl (C=O) groups excluding carboxylic acids is 1. The summed E-state index contributed by atoms with van der Waals surface area (Å²) in [4.78, 5) is 17.2. The molecule has 2 aromatic heterocycles. The maximum absolute atomic E-state index is 14.6. The molecule has 0 unspecified atom stereocenters. The van der Waals surface area contributed by atoms with Gasteiger partial charge in [-0.15, -0.1) is 5.10 Å². The highest BCUT2D eigenvalue weighted by Gasteiger charge is 2.46. The van der Waals surface area contributed by atoms with Crippen LogP contribution in [0, 0.1) is 17.1 Å². The molecule has 0 aliphatic carbocycles. The molecule has 17 heteroatoms. The highest BCUT2D eigenvalue weighted by atomic mass is 35.5. The molecule has 48 heavy (non-hydrogen) atoms. The molecule has 1 fully saturated rings. The van der Waals surface area contributed by atoms with E-state index in [9.17, 15) is 34.2 Å². The molecule has 0 bridgehead atoms. The fourth-order valence-corrected chi connectivity index (χ4v) is 5.12. The number of hydrogen-bond donors (Lipinski definition) is 6. The number of halogens is 3. The lowest BCUT2D eigenvalue weighted by Gasteiger charge is -2.38. The number of benzene rings is 2. The molecule has 1 saturated heterocycles. The Morgan fingerprint density at radius 2 is 2.08 bits per heavy atom. The lowest BCUT2D eigenvalue weighted by Crippen LogP contribution is -2.55. The number of alkyl halides is 1. The Hall–Kier alpha value is -4.76.